The highest BCUT2D eigenvalue weighted by atomic mass is 35.5. The van der Waals surface area contributed by atoms with Crippen LogP contribution in [0.2, 0.25) is 10.0 Å². The van der Waals surface area contributed by atoms with E-state index in [4.69, 9.17) is 23.2 Å². The average Bonchev–Trinajstić information content (AvgIpc) is 3.18. The molecule has 3 atom stereocenters. The lowest BCUT2D eigenvalue weighted by Crippen LogP contribution is -2.42. The van der Waals surface area contributed by atoms with Crippen molar-refractivity contribution in [2.75, 3.05) is 13.1 Å². The summed E-state index contributed by atoms with van der Waals surface area (Å²) in [5.41, 5.74) is 0.967. The summed E-state index contributed by atoms with van der Waals surface area (Å²) in [7, 11) is 0. The smallest absolute Gasteiger partial charge is 0.320 e. The van der Waals surface area contributed by atoms with Crippen molar-refractivity contribution in [3.05, 3.63) is 33.8 Å². The van der Waals surface area contributed by atoms with Crippen molar-refractivity contribution in [1.82, 2.24) is 9.80 Å². The summed E-state index contributed by atoms with van der Waals surface area (Å²) < 4.78 is 0. The van der Waals surface area contributed by atoms with E-state index < -0.39 is 0 Å². The van der Waals surface area contributed by atoms with Gasteiger partial charge >= 0.3 is 6.03 Å². The van der Waals surface area contributed by atoms with Crippen LogP contribution in [0.3, 0.4) is 0 Å². The van der Waals surface area contributed by atoms with Crippen LogP contribution in [0.1, 0.15) is 31.2 Å². The topological polar surface area (TPSA) is 23.6 Å². The number of urea groups is 1. The Morgan fingerprint density at radius 2 is 2.00 bits per heavy atom. The summed E-state index contributed by atoms with van der Waals surface area (Å²) in [5, 5.41) is 1.27. The molecule has 0 radical (unpaired) electrons. The van der Waals surface area contributed by atoms with Crippen LogP contribution in [0.4, 0.5) is 4.79 Å². The van der Waals surface area contributed by atoms with Gasteiger partial charge in [-0.15, -0.1) is 0 Å². The first-order chi connectivity index (χ1) is 10.6. The molecule has 0 N–H and O–H groups in total. The number of halogens is 2. The molecule has 0 spiro atoms. The van der Waals surface area contributed by atoms with E-state index in [9.17, 15) is 4.79 Å². The van der Waals surface area contributed by atoms with Gasteiger partial charge in [0.05, 0.1) is 0 Å². The number of benzene rings is 1. The molecule has 1 aromatic rings. The molecular formula is C17H20Cl2N2O. The van der Waals surface area contributed by atoms with Gasteiger partial charge in [0.15, 0.2) is 0 Å². The molecule has 2 bridgehead atoms. The fourth-order valence-corrected chi connectivity index (χ4v) is 4.97. The number of rotatable bonds is 3. The van der Waals surface area contributed by atoms with Gasteiger partial charge in [0.1, 0.15) is 0 Å². The van der Waals surface area contributed by atoms with Crippen LogP contribution in [0, 0.1) is 11.8 Å². The van der Waals surface area contributed by atoms with E-state index in [0.29, 0.717) is 22.6 Å². The fraction of sp³-hybridized carbons (Fsp3) is 0.588. The van der Waals surface area contributed by atoms with Crippen molar-refractivity contribution in [2.24, 2.45) is 11.8 Å². The third kappa shape index (κ3) is 2.48. The first kappa shape index (κ1) is 14.6. The van der Waals surface area contributed by atoms with Crippen molar-refractivity contribution in [3.63, 3.8) is 0 Å². The third-order valence-electron chi connectivity index (χ3n) is 5.60. The van der Waals surface area contributed by atoms with Crippen LogP contribution >= 0.6 is 23.2 Å². The predicted molar refractivity (Wildman–Crippen MR) is 88.2 cm³/mol. The summed E-state index contributed by atoms with van der Waals surface area (Å²) in [4.78, 5) is 16.8. The van der Waals surface area contributed by atoms with Gasteiger partial charge < -0.3 is 9.80 Å². The van der Waals surface area contributed by atoms with E-state index in [1.165, 1.54) is 25.7 Å². The molecule has 3 unspecified atom stereocenters. The summed E-state index contributed by atoms with van der Waals surface area (Å²) in [6, 6.07) is 6.16. The molecule has 3 fully saturated rings. The van der Waals surface area contributed by atoms with Gasteiger partial charge in [-0.05, 0) is 48.8 Å². The zero-order valence-electron chi connectivity index (χ0n) is 12.5. The quantitative estimate of drug-likeness (QED) is 0.800. The Labute approximate surface area is 141 Å². The van der Waals surface area contributed by atoms with E-state index in [1.807, 2.05) is 17.0 Å². The zero-order chi connectivity index (χ0) is 15.3. The summed E-state index contributed by atoms with van der Waals surface area (Å²) in [5.74, 6) is 1.61. The molecule has 1 aromatic carbocycles. The molecule has 1 saturated heterocycles. The molecule has 2 amide bonds. The molecular weight excluding hydrogens is 319 g/mol. The van der Waals surface area contributed by atoms with Gasteiger partial charge in [-0.3, -0.25) is 0 Å². The van der Waals surface area contributed by atoms with Crippen LogP contribution in [-0.4, -0.2) is 35.0 Å². The molecule has 4 rings (SSSR count). The molecule has 1 aliphatic heterocycles. The van der Waals surface area contributed by atoms with Gasteiger partial charge in [-0.2, -0.15) is 0 Å². The maximum atomic E-state index is 12.7. The highest BCUT2D eigenvalue weighted by Gasteiger charge is 2.46. The monoisotopic (exact) mass is 338 g/mol. The number of hydrogen-bond acceptors (Lipinski definition) is 1. The van der Waals surface area contributed by atoms with Crippen molar-refractivity contribution in [1.29, 1.82) is 0 Å². The lowest BCUT2D eigenvalue weighted by molar-refractivity contribution is 0.156. The highest BCUT2D eigenvalue weighted by Crippen LogP contribution is 2.47. The molecule has 2 saturated carbocycles. The molecule has 22 heavy (non-hydrogen) atoms. The SMILES string of the molecule is O=C1N(Cc2ccc(Cl)cc2Cl)CCN1C1CC2CCC1C2. The van der Waals surface area contributed by atoms with Gasteiger partial charge in [-0.25, -0.2) is 4.79 Å². The van der Waals surface area contributed by atoms with E-state index in [2.05, 4.69) is 4.90 Å². The number of nitrogens with zero attached hydrogens (tertiary/aromatic N) is 2. The second-order valence-corrected chi connectivity index (χ2v) is 7.72. The average molecular weight is 339 g/mol. The second kappa shape index (κ2) is 5.61. The van der Waals surface area contributed by atoms with Crippen LogP contribution in [0.15, 0.2) is 18.2 Å². The van der Waals surface area contributed by atoms with Crippen molar-refractivity contribution >= 4 is 29.2 Å². The number of amides is 2. The molecule has 2 aliphatic carbocycles. The Bertz CT molecular complexity index is 606. The first-order valence-corrected chi connectivity index (χ1v) is 8.87. The van der Waals surface area contributed by atoms with E-state index >= 15 is 0 Å². The maximum absolute atomic E-state index is 12.7. The van der Waals surface area contributed by atoms with Gasteiger partial charge in [0.25, 0.3) is 0 Å². The Kier molecular flexibility index (Phi) is 3.74. The number of carbonyl (C=O) groups is 1. The van der Waals surface area contributed by atoms with Gasteiger partial charge in [0.2, 0.25) is 0 Å². The number of hydrogen-bond donors (Lipinski definition) is 0. The maximum Gasteiger partial charge on any atom is 0.320 e. The van der Waals surface area contributed by atoms with Gasteiger partial charge in [0, 0.05) is 35.7 Å². The normalized spacial score (nSPS) is 30.6. The standard InChI is InChI=1S/C17H20Cl2N2O/c18-14-4-3-13(15(19)9-14)10-20-5-6-21(17(20)22)16-8-11-1-2-12(16)7-11/h3-4,9,11-12,16H,1-2,5-8,10H2. The summed E-state index contributed by atoms with van der Waals surface area (Å²) in [6.07, 6.45) is 5.22. The van der Waals surface area contributed by atoms with Crippen molar-refractivity contribution in [3.8, 4) is 0 Å². The van der Waals surface area contributed by atoms with Crippen molar-refractivity contribution in [2.45, 2.75) is 38.3 Å². The first-order valence-electron chi connectivity index (χ1n) is 8.11. The fourth-order valence-electron chi connectivity index (χ4n) is 4.50. The summed E-state index contributed by atoms with van der Waals surface area (Å²) in [6.45, 7) is 2.23. The molecule has 0 aromatic heterocycles. The minimum absolute atomic E-state index is 0.184. The minimum atomic E-state index is 0.184. The van der Waals surface area contributed by atoms with Crippen molar-refractivity contribution < 1.29 is 4.79 Å². The predicted octanol–water partition coefficient (Wildman–Crippen LogP) is 4.42. The van der Waals surface area contributed by atoms with Gasteiger partial charge in [-0.1, -0.05) is 35.7 Å². The third-order valence-corrected chi connectivity index (χ3v) is 6.19. The highest BCUT2D eigenvalue weighted by molar-refractivity contribution is 6.35. The lowest BCUT2D eigenvalue weighted by atomic mass is 9.94. The Hall–Kier alpha value is -0.930. The zero-order valence-corrected chi connectivity index (χ0v) is 14.0. The Morgan fingerprint density at radius 1 is 1.14 bits per heavy atom. The molecule has 5 heteroatoms. The Balaban J connectivity index is 1.45. The van der Waals surface area contributed by atoms with Crippen LogP contribution in [0.25, 0.3) is 0 Å². The second-order valence-electron chi connectivity index (χ2n) is 6.88. The van der Waals surface area contributed by atoms with Crippen LogP contribution in [0.5, 0.6) is 0 Å². The van der Waals surface area contributed by atoms with E-state index in [1.54, 1.807) is 6.07 Å². The molecule has 118 valence electrons. The van der Waals surface area contributed by atoms with E-state index in [-0.39, 0.29) is 6.03 Å². The lowest BCUT2D eigenvalue weighted by Gasteiger charge is -2.31. The van der Waals surface area contributed by atoms with Crippen LogP contribution < -0.4 is 0 Å². The number of fused-ring (bicyclic) bond motifs is 2. The molecule has 3 aliphatic rings. The van der Waals surface area contributed by atoms with E-state index in [0.717, 1.165) is 30.5 Å². The van der Waals surface area contributed by atoms with Crippen LogP contribution in [-0.2, 0) is 6.54 Å². The minimum Gasteiger partial charge on any atom is -0.320 e. The number of carbonyl (C=O) groups excluding carboxylic acids is 1. The largest absolute Gasteiger partial charge is 0.320 e. The Morgan fingerprint density at radius 3 is 2.68 bits per heavy atom. The molecule has 1 heterocycles. The molecule has 3 nitrogen and oxygen atoms in total. The summed E-state index contributed by atoms with van der Waals surface area (Å²) >= 11 is 12.2.